The van der Waals surface area contributed by atoms with Crippen molar-refractivity contribution < 1.29 is 9.47 Å². The number of rotatable bonds is 4. The first kappa shape index (κ1) is 18.8. The van der Waals surface area contributed by atoms with E-state index in [9.17, 15) is 0 Å². The quantitative estimate of drug-likeness (QED) is 0.667. The molecular weight excluding hydrogens is 366 g/mol. The number of nitrogen functional groups attached to an aromatic ring is 1. The second kappa shape index (κ2) is 8.14. The number of nitrogens with zero attached hydrogens (tertiary/aromatic N) is 4. The first-order valence-electron chi connectivity index (χ1n) is 8.21. The van der Waals surface area contributed by atoms with Gasteiger partial charge in [0.25, 0.3) is 0 Å². The van der Waals surface area contributed by atoms with Crippen LogP contribution in [0.5, 0.6) is 23.0 Å². The van der Waals surface area contributed by atoms with Gasteiger partial charge in [-0.15, -0.1) is 0 Å². The van der Waals surface area contributed by atoms with Gasteiger partial charge in [-0.3, -0.25) is 0 Å². The number of nitrogens with two attached hydrogens (primary N) is 1. The van der Waals surface area contributed by atoms with E-state index in [1.165, 1.54) is 24.3 Å². The predicted molar refractivity (Wildman–Crippen MR) is 103 cm³/mol. The number of ether oxygens (including phenoxy) is 2. The fourth-order valence-electron chi connectivity index (χ4n) is 2.54. The number of hydrogen-bond acceptors (Lipinski definition) is 7. The van der Waals surface area contributed by atoms with E-state index < -0.39 is 0 Å². The molecule has 0 aromatic heterocycles. The molecule has 3 rings (SSSR count). The van der Waals surface area contributed by atoms with Crippen molar-refractivity contribution in [2.24, 2.45) is 0 Å². The van der Waals surface area contributed by atoms with Gasteiger partial charge < -0.3 is 15.2 Å². The van der Waals surface area contributed by atoms with Crippen molar-refractivity contribution in [1.29, 1.82) is 21.0 Å². The Kier molecular flexibility index (Phi) is 5.28. The fraction of sp³-hybridized carbons (Fsp3) is 0. The highest BCUT2D eigenvalue weighted by Gasteiger charge is 2.09. The summed E-state index contributed by atoms with van der Waals surface area (Å²) in [5, 5.41) is 36.3. The van der Waals surface area contributed by atoms with Crippen LogP contribution in [0.2, 0.25) is 0 Å². The summed E-state index contributed by atoms with van der Waals surface area (Å²) in [7, 11) is 0. The monoisotopic (exact) mass is 377 g/mol. The molecule has 0 unspecified atom stereocenters. The summed E-state index contributed by atoms with van der Waals surface area (Å²) in [6.07, 6.45) is 0. The lowest BCUT2D eigenvalue weighted by atomic mass is 10.1. The topological polar surface area (TPSA) is 140 Å². The van der Waals surface area contributed by atoms with E-state index in [0.29, 0.717) is 28.7 Å². The van der Waals surface area contributed by atoms with Gasteiger partial charge >= 0.3 is 0 Å². The summed E-state index contributed by atoms with van der Waals surface area (Å²) in [5.41, 5.74) is 7.21. The van der Waals surface area contributed by atoms with Gasteiger partial charge in [-0.05, 0) is 36.4 Å². The number of anilines is 1. The first-order chi connectivity index (χ1) is 14.1. The van der Waals surface area contributed by atoms with Gasteiger partial charge in [-0.25, -0.2) is 0 Å². The van der Waals surface area contributed by atoms with E-state index in [2.05, 4.69) is 0 Å². The first-order valence-corrected chi connectivity index (χ1v) is 8.21. The Hall–Kier alpha value is -4.98. The second-order valence-electron chi connectivity index (χ2n) is 5.80. The zero-order chi connectivity index (χ0) is 20.8. The van der Waals surface area contributed by atoms with Gasteiger partial charge in [0.15, 0.2) is 0 Å². The lowest BCUT2D eigenvalue weighted by Crippen LogP contribution is -1.93. The number of hydrogen-bond donors (Lipinski definition) is 1. The molecule has 0 saturated carbocycles. The molecule has 3 aromatic carbocycles. The molecule has 3 aromatic rings. The molecule has 136 valence electrons. The van der Waals surface area contributed by atoms with Crippen molar-refractivity contribution in [2.45, 2.75) is 0 Å². The van der Waals surface area contributed by atoms with E-state index >= 15 is 0 Å². The zero-order valence-electron chi connectivity index (χ0n) is 14.9. The molecule has 0 radical (unpaired) electrons. The Morgan fingerprint density at radius 3 is 1.31 bits per heavy atom. The Morgan fingerprint density at radius 2 is 0.931 bits per heavy atom. The largest absolute Gasteiger partial charge is 0.457 e. The minimum Gasteiger partial charge on any atom is -0.457 e. The van der Waals surface area contributed by atoms with Gasteiger partial charge in [0.1, 0.15) is 47.3 Å². The minimum absolute atomic E-state index is 0.201. The normalized spacial score (nSPS) is 9.38. The summed E-state index contributed by atoms with van der Waals surface area (Å²) in [5.74, 6) is 1.45. The molecule has 7 heteroatoms. The summed E-state index contributed by atoms with van der Waals surface area (Å²) in [6, 6.07) is 21.6. The van der Waals surface area contributed by atoms with Crippen LogP contribution in [-0.4, -0.2) is 0 Å². The average Bonchev–Trinajstić information content (AvgIpc) is 2.73. The zero-order valence-corrected chi connectivity index (χ0v) is 14.9. The van der Waals surface area contributed by atoms with E-state index in [-0.39, 0.29) is 22.3 Å². The molecule has 0 fully saturated rings. The van der Waals surface area contributed by atoms with Crippen LogP contribution in [-0.2, 0) is 0 Å². The van der Waals surface area contributed by atoms with Crippen molar-refractivity contribution in [1.82, 2.24) is 0 Å². The Morgan fingerprint density at radius 1 is 0.517 bits per heavy atom. The molecule has 0 atom stereocenters. The van der Waals surface area contributed by atoms with Crippen LogP contribution in [0.1, 0.15) is 22.3 Å². The van der Waals surface area contributed by atoms with Crippen LogP contribution < -0.4 is 15.2 Å². The van der Waals surface area contributed by atoms with E-state index in [4.69, 9.17) is 36.3 Å². The Labute approximate surface area is 166 Å². The number of nitriles is 4. The molecule has 0 heterocycles. The SMILES string of the molecule is N#Cc1ccc(Oc2cc(N)cc(Oc3ccc(C#N)c(C#N)c3)c2)cc1C#N. The van der Waals surface area contributed by atoms with Crippen molar-refractivity contribution in [2.75, 3.05) is 5.73 Å². The fourth-order valence-corrected chi connectivity index (χ4v) is 2.54. The molecule has 0 aliphatic carbocycles. The van der Waals surface area contributed by atoms with Crippen molar-refractivity contribution in [3.63, 3.8) is 0 Å². The van der Waals surface area contributed by atoms with Gasteiger partial charge in [0, 0.05) is 23.9 Å². The second-order valence-corrected chi connectivity index (χ2v) is 5.80. The van der Waals surface area contributed by atoms with Crippen molar-refractivity contribution in [3.8, 4) is 47.3 Å². The lowest BCUT2D eigenvalue weighted by Gasteiger charge is -2.11. The summed E-state index contributed by atoms with van der Waals surface area (Å²) in [6.45, 7) is 0. The third-order valence-electron chi connectivity index (χ3n) is 3.84. The van der Waals surface area contributed by atoms with E-state index in [1.54, 1.807) is 30.3 Å². The molecular formula is C22H11N5O2. The van der Waals surface area contributed by atoms with Crippen LogP contribution in [0.25, 0.3) is 0 Å². The van der Waals surface area contributed by atoms with Crippen LogP contribution in [0.4, 0.5) is 5.69 Å². The maximum absolute atomic E-state index is 9.13. The third kappa shape index (κ3) is 4.23. The standard InChI is InChI=1S/C22H11N5O2/c23-10-14-1-3-19(5-16(14)12-25)28-21-7-18(27)8-22(9-21)29-20-4-2-15(11-24)17(6-20)13-26/h1-9H,27H2. The summed E-state index contributed by atoms with van der Waals surface area (Å²) < 4.78 is 11.5. The lowest BCUT2D eigenvalue weighted by molar-refractivity contribution is 0.460. The van der Waals surface area contributed by atoms with Crippen LogP contribution in [0.15, 0.2) is 54.6 Å². The molecule has 7 nitrogen and oxygen atoms in total. The highest BCUT2D eigenvalue weighted by molar-refractivity contribution is 5.55. The smallest absolute Gasteiger partial charge is 0.133 e. The predicted octanol–water partition coefficient (Wildman–Crippen LogP) is 4.34. The highest BCUT2D eigenvalue weighted by atomic mass is 16.5. The van der Waals surface area contributed by atoms with Crippen molar-refractivity contribution in [3.05, 3.63) is 76.9 Å². The molecule has 0 amide bonds. The van der Waals surface area contributed by atoms with Crippen LogP contribution in [0, 0.1) is 45.3 Å². The molecule has 2 N–H and O–H groups in total. The van der Waals surface area contributed by atoms with Gasteiger partial charge in [-0.1, -0.05) is 0 Å². The maximum atomic E-state index is 9.13. The summed E-state index contributed by atoms with van der Waals surface area (Å²) >= 11 is 0. The Bertz CT molecular complexity index is 1170. The van der Waals surface area contributed by atoms with Gasteiger partial charge in [-0.2, -0.15) is 21.0 Å². The van der Waals surface area contributed by atoms with Gasteiger partial charge in [0.2, 0.25) is 0 Å². The molecule has 0 bridgehead atoms. The minimum atomic E-state index is 0.201. The molecule has 0 spiro atoms. The van der Waals surface area contributed by atoms with Crippen LogP contribution in [0.3, 0.4) is 0 Å². The van der Waals surface area contributed by atoms with E-state index in [0.717, 1.165) is 0 Å². The highest BCUT2D eigenvalue weighted by Crippen LogP contribution is 2.32. The maximum Gasteiger partial charge on any atom is 0.133 e. The molecule has 0 saturated heterocycles. The van der Waals surface area contributed by atoms with E-state index in [1.807, 2.05) is 24.3 Å². The number of benzene rings is 3. The summed E-state index contributed by atoms with van der Waals surface area (Å²) in [4.78, 5) is 0. The third-order valence-corrected chi connectivity index (χ3v) is 3.84. The molecule has 0 aliphatic rings. The van der Waals surface area contributed by atoms with Gasteiger partial charge in [0.05, 0.1) is 22.3 Å². The van der Waals surface area contributed by atoms with Crippen LogP contribution >= 0.6 is 0 Å². The molecule has 29 heavy (non-hydrogen) atoms. The molecule has 0 aliphatic heterocycles. The average molecular weight is 377 g/mol. The van der Waals surface area contributed by atoms with Crippen molar-refractivity contribution >= 4 is 5.69 Å². The Balaban J connectivity index is 1.88.